The Morgan fingerprint density at radius 2 is 1.95 bits per heavy atom. The van der Waals surface area contributed by atoms with Crippen molar-refractivity contribution in [2.24, 2.45) is 0 Å². The summed E-state index contributed by atoms with van der Waals surface area (Å²) in [5.74, 6) is 1.36. The smallest absolute Gasteiger partial charge is 0.181 e. The van der Waals surface area contributed by atoms with Gasteiger partial charge < -0.3 is 15.2 Å². The summed E-state index contributed by atoms with van der Waals surface area (Å²) in [7, 11) is 0. The third-order valence-electron chi connectivity index (χ3n) is 2.47. The Morgan fingerprint density at radius 1 is 1.26 bits per heavy atom. The molecule has 104 valence electrons. The molecule has 1 heterocycles. The number of hydrogen-bond acceptors (Lipinski definition) is 5. The van der Waals surface area contributed by atoms with E-state index >= 15 is 0 Å². The van der Waals surface area contributed by atoms with Gasteiger partial charge in [-0.25, -0.2) is 4.98 Å². The Bertz CT molecular complexity index is 571. The quantitative estimate of drug-likeness (QED) is 0.872. The fourth-order valence-corrected chi connectivity index (χ4v) is 2.82. The van der Waals surface area contributed by atoms with Crippen molar-refractivity contribution in [1.82, 2.24) is 4.98 Å². The molecule has 1 aromatic carbocycles. The lowest BCUT2D eigenvalue weighted by molar-refractivity contribution is 0.271. The molecule has 0 spiro atoms. The van der Waals surface area contributed by atoms with E-state index in [1.54, 1.807) is 6.07 Å². The number of nitrogen functional groups attached to an aromatic ring is 1. The predicted molar refractivity (Wildman–Crippen MR) is 80.6 cm³/mol. The molecule has 0 bridgehead atoms. The number of aromatic nitrogens is 1. The van der Waals surface area contributed by atoms with Crippen LogP contribution in [0.4, 0.5) is 5.13 Å². The molecular weight excluding hydrogens is 284 g/mol. The largest absolute Gasteiger partial charge is 0.490 e. The molecule has 0 aliphatic heterocycles. The van der Waals surface area contributed by atoms with Gasteiger partial charge in [0.05, 0.1) is 18.2 Å². The second kappa shape index (κ2) is 6.30. The Hall–Kier alpha value is -1.20. The summed E-state index contributed by atoms with van der Waals surface area (Å²) in [4.78, 5) is 4.23. The molecule has 2 rings (SSSR count). The van der Waals surface area contributed by atoms with Gasteiger partial charge in [-0.2, -0.15) is 0 Å². The minimum Gasteiger partial charge on any atom is -0.490 e. The summed E-state index contributed by atoms with van der Waals surface area (Å²) < 4.78 is 12.4. The highest BCUT2D eigenvalue weighted by Crippen LogP contribution is 2.43. The summed E-state index contributed by atoms with van der Waals surface area (Å²) in [6.07, 6.45) is 1.85. The summed E-state index contributed by atoms with van der Waals surface area (Å²) in [5, 5.41) is 1.02. The number of benzene rings is 1. The maximum absolute atomic E-state index is 6.21. The van der Waals surface area contributed by atoms with Crippen LogP contribution in [0.25, 0.3) is 10.2 Å². The maximum atomic E-state index is 6.21. The molecule has 0 fully saturated rings. The average Bonchev–Trinajstić information content (AvgIpc) is 2.78. The Labute approximate surface area is 121 Å². The Balaban J connectivity index is 2.51. The summed E-state index contributed by atoms with van der Waals surface area (Å²) in [6, 6.07) is 1.75. The molecular formula is C13H17ClN2O2S. The van der Waals surface area contributed by atoms with Crippen molar-refractivity contribution in [2.45, 2.75) is 26.7 Å². The van der Waals surface area contributed by atoms with Gasteiger partial charge in [-0.3, -0.25) is 0 Å². The molecule has 0 unspecified atom stereocenters. The summed E-state index contributed by atoms with van der Waals surface area (Å²) in [6.45, 7) is 5.35. The predicted octanol–water partition coefficient (Wildman–Crippen LogP) is 4.11. The lowest BCUT2D eigenvalue weighted by atomic mass is 10.3. The molecule has 1 aromatic heterocycles. The number of halogens is 1. The topological polar surface area (TPSA) is 57.4 Å². The number of anilines is 1. The van der Waals surface area contributed by atoms with Crippen molar-refractivity contribution in [3.8, 4) is 11.5 Å². The molecule has 19 heavy (non-hydrogen) atoms. The number of rotatable bonds is 6. The lowest BCUT2D eigenvalue weighted by Crippen LogP contribution is -2.01. The molecule has 0 radical (unpaired) electrons. The van der Waals surface area contributed by atoms with E-state index < -0.39 is 0 Å². The van der Waals surface area contributed by atoms with Crippen LogP contribution in [-0.4, -0.2) is 18.2 Å². The van der Waals surface area contributed by atoms with Gasteiger partial charge in [-0.05, 0) is 12.8 Å². The van der Waals surface area contributed by atoms with E-state index in [0.717, 1.165) is 17.5 Å². The van der Waals surface area contributed by atoms with E-state index in [4.69, 9.17) is 26.8 Å². The second-order valence-corrected chi connectivity index (χ2v) is 5.55. The van der Waals surface area contributed by atoms with Gasteiger partial charge in [0.1, 0.15) is 10.2 Å². The number of ether oxygens (including phenoxy) is 2. The lowest BCUT2D eigenvalue weighted by Gasteiger charge is -2.13. The van der Waals surface area contributed by atoms with Crippen LogP contribution in [0.5, 0.6) is 11.5 Å². The molecule has 6 heteroatoms. The molecule has 0 saturated carbocycles. The van der Waals surface area contributed by atoms with Crippen LogP contribution < -0.4 is 15.2 Å². The van der Waals surface area contributed by atoms with Crippen molar-refractivity contribution in [1.29, 1.82) is 0 Å². The highest BCUT2D eigenvalue weighted by molar-refractivity contribution is 7.22. The molecule has 0 amide bonds. The van der Waals surface area contributed by atoms with E-state index in [1.807, 2.05) is 0 Å². The first-order valence-electron chi connectivity index (χ1n) is 6.31. The fraction of sp³-hybridized carbons (Fsp3) is 0.462. The molecule has 2 aromatic rings. The first-order valence-corrected chi connectivity index (χ1v) is 7.50. The van der Waals surface area contributed by atoms with Crippen LogP contribution >= 0.6 is 22.9 Å². The Kier molecular flexibility index (Phi) is 4.71. The van der Waals surface area contributed by atoms with Crippen LogP contribution in [0.2, 0.25) is 5.02 Å². The van der Waals surface area contributed by atoms with Gasteiger partial charge in [-0.1, -0.05) is 36.8 Å². The van der Waals surface area contributed by atoms with E-state index in [1.165, 1.54) is 11.3 Å². The van der Waals surface area contributed by atoms with Crippen molar-refractivity contribution >= 4 is 38.3 Å². The van der Waals surface area contributed by atoms with Crippen LogP contribution in [-0.2, 0) is 0 Å². The number of thiazole rings is 1. The van der Waals surface area contributed by atoms with Crippen LogP contribution in [0, 0.1) is 0 Å². The molecule has 0 saturated heterocycles. The zero-order valence-corrected chi connectivity index (χ0v) is 12.6. The third kappa shape index (κ3) is 3.04. The first kappa shape index (κ1) is 14.2. The second-order valence-electron chi connectivity index (χ2n) is 4.11. The number of nitrogens with zero attached hydrogens (tertiary/aromatic N) is 1. The van der Waals surface area contributed by atoms with Crippen molar-refractivity contribution in [3.63, 3.8) is 0 Å². The van der Waals surface area contributed by atoms with Crippen LogP contribution in [0.1, 0.15) is 26.7 Å². The minimum absolute atomic E-state index is 0.478. The van der Waals surface area contributed by atoms with E-state index in [-0.39, 0.29) is 0 Å². The molecule has 0 atom stereocenters. The zero-order valence-electron chi connectivity index (χ0n) is 11.0. The summed E-state index contributed by atoms with van der Waals surface area (Å²) >= 11 is 7.58. The first-order chi connectivity index (χ1) is 9.17. The Morgan fingerprint density at radius 3 is 2.63 bits per heavy atom. The van der Waals surface area contributed by atoms with Gasteiger partial charge in [0.25, 0.3) is 0 Å². The molecule has 2 N–H and O–H groups in total. The standard InChI is InChI=1S/C13H17ClN2O2S/c1-3-5-17-9-7-8(14)10-12(19-13(15)16-10)11(9)18-6-4-2/h7H,3-6H2,1-2H3,(H2,15,16). The maximum Gasteiger partial charge on any atom is 0.181 e. The highest BCUT2D eigenvalue weighted by atomic mass is 35.5. The van der Waals surface area contributed by atoms with Crippen molar-refractivity contribution < 1.29 is 9.47 Å². The third-order valence-corrected chi connectivity index (χ3v) is 3.64. The fourth-order valence-electron chi connectivity index (χ4n) is 1.67. The summed E-state index contributed by atoms with van der Waals surface area (Å²) in [5.41, 5.74) is 6.44. The monoisotopic (exact) mass is 300 g/mol. The van der Waals surface area contributed by atoms with Gasteiger partial charge in [0, 0.05) is 6.07 Å². The van der Waals surface area contributed by atoms with Gasteiger partial charge in [0.2, 0.25) is 0 Å². The highest BCUT2D eigenvalue weighted by Gasteiger charge is 2.17. The minimum atomic E-state index is 0.478. The van der Waals surface area contributed by atoms with E-state index in [2.05, 4.69) is 18.8 Å². The number of nitrogens with two attached hydrogens (primary N) is 1. The molecule has 0 aliphatic rings. The van der Waals surface area contributed by atoms with Crippen molar-refractivity contribution in [2.75, 3.05) is 18.9 Å². The van der Waals surface area contributed by atoms with Gasteiger partial charge >= 0.3 is 0 Å². The number of fused-ring (bicyclic) bond motifs is 1. The zero-order chi connectivity index (χ0) is 13.8. The molecule has 0 aliphatic carbocycles. The van der Waals surface area contributed by atoms with E-state index in [0.29, 0.717) is 40.4 Å². The van der Waals surface area contributed by atoms with Crippen LogP contribution in [0.3, 0.4) is 0 Å². The van der Waals surface area contributed by atoms with Crippen LogP contribution in [0.15, 0.2) is 6.07 Å². The SMILES string of the molecule is CCCOc1cc(Cl)c2nc(N)sc2c1OCCC. The average molecular weight is 301 g/mol. The van der Waals surface area contributed by atoms with Gasteiger partial charge in [-0.15, -0.1) is 0 Å². The molecule has 4 nitrogen and oxygen atoms in total. The number of hydrogen-bond donors (Lipinski definition) is 1. The van der Waals surface area contributed by atoms with E-state index in [9.17, 15) is 0 Å². The van der Waals surface area contributed by atoms with Crippen molar-refractivity contribution in [3.05, 3.63) is 11.1 Å². The normalized spacial score (nSPS) is 10.9. The van der Waals surface area contributed by atoms with Gasteiger partial charge in [0.15, 0.2) is 16.6 Å².